The number of amides is 1. The van der Waals surface area contributed by atoms with E-state index in [-0.39, 0.29) is 13.0 Å². The van der Waals surface area contributed by atoms with Crippen LogP contribution in [0.15, 0.2) is 24.3 Å². The van der Waals surface area contributed by atoms with Gasteiger partial charge in [0.2, 0.25) is 5.91 Å². The Morgan fingerprint density at radius 1 is 0.507 bits per heavy atom. The van der Waals surface area contributed by atoms with Crippen molar-refractivity contribution >= 4 is 11.9 Å². The molecule has 6 N–H and O–H groups in total. The van der Waals surface area contributed by atoms with Crippen molar-refractivity contribution in [1.29, 1.82) is 0 Å². The molecule has 1 fully saturated rings. The number of aliphatic hydroxyl groups is 5. The Hall–Kier alpha value is -1.86. The van der Waals surface area contributed by atoms with Gasteiger partial charge in [0.05, 0.1) is 25.4 Å². The van der Waals surface area contributed by atoms with E-state index >= 15 is 0 Å². The van der Waals surface area contributed by atoms with Crippen LogP contribution in [0.4, 0.5) is 0 Å². The lowest BCUT2D eigenvalue weighted by Crippen LogP contribution is -2.61. The molecule has 0 aromatic heterocycles. The SMILES string of the molecule is CCCCCCCC/C=C/CCCCCCCCCCCCCCC(O)C(=O)NC(COC1OC(CO)C(O)C(O)C1OC(=O)CCCCCCCCCCCCCCC)C(O)/C=C/CCCCCCCCCCC. The standard InChI is InChI=1S/C64H121NO10/c1-4-7-10-13-16-19-22-24-25-26-27-28-29-30-31-32-34-36-39-42-45-48-51-57(68)63(72)65-55(56(67)50-47-44-41-38-35-21-18-15-12-9-6-3)54-73-64-62(61(71)60(70)58(53-66)74-64)75-59(69)52-49-46-43-40-37-33-23-20-17-14-11-8-5-2/h24-25,47,50,55-58,60-62,64,66-68,70-71H,4-23,26-46,48-49,51-54H2,1-3H3,(H,65,72)/b25-24+,50-47+. The fourth-order valence-corrected chi connectivity index (χ4v) is 10.2. The molecular weight excluding hydrogens is 943 g/mol. The summed E-state index contributed by atoms with van der Waals surface area (Å²) in [4.78, 5) is 26.5. The largest absolute Gasteiger partial charge is 0.454 e. The Kier molecular flexibility index (Phi) is 50.1. The van der Waals surface area contributed by atoms with Crippen LogP contribution >= 0.6 is 0 Å². The minimum atomic E-state index is -1.61. The van der Waals surface area contributed by atoms with E-state index in [1.165, 1.54) is 205 Å². The maximum atomic E-state index is 13.4. The summed E-state index contributed by atoms with van der Waals surface area (Å²) in [5, 5.41) is 56.9. The quantitative estimate of drug-likeness (QED) is 0.0195. The van der Waals surface area contributed by atoms with Gasteiger partial charge in [0.15, 0.2) is 12.4 Å². The molecule has 1 rings (SSSR count). The second kappa shape index (κ2) is 52.8. The van der Waals surface area contributed by atoms with E-state index in [1.54, 1.807) is 6.08 Å². The van der Waals surface area contributed by atoms with Crippen molar-refractivity contribution in [2.45, 2.75) is 359 Å². The van der Waals surface area contributed by atoms with Crippen LogP contribution in [-0.4, -0.2) is 99.6 Å². The van der Waals surface area contributed by atoms with Gasteiger partial charge in [-0.2, -0.15) is 0 Å². The topological polar surface area (TPSA) is 175 Å². The fraction of sp³-hybridized carbons (Fsp3) is 0.906. The molecule has 1 heterocycles. The number of nitrogens with one attached hydrogen (secondary N) is 1. The van der Waals surface area contributed by atoms with Crippen molar-refractivity contribution in [2.75, 3.05) is 13.2 Å². The average Bonchev–Trinajstić information content (AvgIpc) is 3.41. The van der Waals surface area contributed by atoms with E-state index in [1.807, 2.05) is 6.08 Å². The zero-order valence-corrected chi connectivity index (χ0v) is 48.9. The van der Waals surface area contributed by atoms with Crippen LogP contribution in [0.1, 0.15) is 310 Å². The van der Waals surface area contributed by atoms with E-state index in [9.17, 15) is 35.1 Å². The lowest BCUT2D eigenvalue weighted by atomic mass is 9.99. The van der Waals surface area contributed by atoms with E-state index < -0.39 is 67.4 Å². The molecule has 0 radical (unpaired) electrons. The van der Waals surface area contributed by atoms with Gasteiger partial charge in [0.1, 0.15) is 24.4 Å². The first-order valence-corrected chi connectivity index (χ1v) is 32.1. The Bertz CT molecular complexity index is 1310. The summed E-state index contributed by atoms with van der Waals surface area (Å²) in [6.45, 7) is 5.80. The minimum absolute atomic E-state index is 0.129. The number of hydrogen-bond acceptors (Lipinski definition) is 10. The summed E-state index contributed by atoms with van der Waals surface area (Å²) >= 11 is 0. The molecule has 11 nitrogen and oxygen atoms in total. The van der Waals surface area contributed by atoms with Crippen molar-refractivity contribution in [1.82, 2.24) is 5.32 Å². The van der Waals surface area contributed by atoms with Crippen LogP contribution in [0, 0.1) is 0 Å². The third kappa shape index (κ3) is 40.9. The monoisotopic (exact) mass is 1060 g/mol. The van der Waals surface area contributed by atoms with Crippen molar-refractivity contribution < 1.29 is 49.3 Å². The van der Waals surface area contributed by atoms with Crippen molar-refractivity contribution in [3.05, 3.63) is 24.3 Å². The number of unbranched alkanes of at least 4 members (excludes halogenated alkanes) is 39. The normalized spacial score (nSPS) is 19.3. The Balaban J connectivity index is 2.60. The smallest absolute Gasteiger partial charge is 0.306 e. The number of aliphatic hydroxyl groups excluding tert-OH is 5. The van der Waals surface area contributed by atoms with Crippen LogP contribution in [-0.2, 0) is 23.8 Å². The fourth-order valence-electron chi connectivity index (χ4n) is 10.2. The second-order valence-electron chi connectivity index (χ2n) is 22.5. The van der Waals surface area contributed by atoms with Gasteiger partial charge >= 0.3 is 5.97 Å². The van der Waals surface area contributed by atoms with Crippen molar-refractivity contribution in [2.24, 2.45) is 0 Å². The lowest BCUT2D eigenvalue weighted by Gasteiger charge is -2.41. The molecule has 1 aliphatic heterocycles. The summed E-state index contributed by atoms with van der Waals surface area (Å²) in [6, 6.07) is -1.02. The number of carbonyl (C=O) groups is 2. The van der Waals surface area contributed by atoms with Crippen LogP contribution in [0.3, 0.4) is 0 Å². The van der Waals surface area contributed by atoms with Crippen molar-refractivity contribution in [3.8, 4) is 0 Å². The molecule has 1 saturated heterocycles. The molecule has 8 atom stereocenters. The summed E-state index contributed by atoms with van der Waals surface area (Å²) in [5.74, 6) is -1.18. The summed E-state index contributed by atoms with van der Waals surface area (Å²) < 4.78 is 17.6. The third-order valence-corrected chi connectivity index (χ3v) is 15.4. The predicted octanol–water partition coefficient (Wildman–Crippen LogP) is 15.3. The Labute approximate surface area is 461 Å². The van der Waals surface area contributed by atoms with E-state index in [2.05, 4.69) is 38.2 Å². The lowest BCUT2D eigenvalue weighted by molar-refractivity contribution is -0.305. The first-order valence-electron chi connectivity index (χ1n) is 32.1. The molecule has 75 heavy (non-hydrogen) atoms. The highest BCUT2D eigenvalue weighted by atomic mass is 16.7. The number of ether oxygens (including phenoxy) is 3. The molecular formula is C64H121NO10. The minimum Gasteiger partial charge on any atom is -0.454 e. The highest BCUT2D eigenvalue weighted by Crippen LogP contribution is 2.26. The molecule has 0 bridgehead atoms. The molecule has 1 amide bonds. The number of esters is 1. The number of rotatable bonds is 55. The second-order valence-corrected chi connectivity index (χ2v) is 22.5. The number of carbonyl (C=O) groups excluding carboxylic acids is 2. The molecule has 8 unspecified atom stereocenters. The molecule has 0 aromatic carbocycles. The molecule has 0 aliphatic carbocycles. The van der Waals surface area contributed by atoms with Crippen LogP contribution in [0.5, 0.6) is 0 Å². The van der Waals surface area contributed by atoms with E-state index in [0.717, 1.165) is 57.8 Å². The molecule has 0 spiro atoms. The van der Waals surface area contributed by atoms with Gasteiger partial charge in [0, 0.05) is 6.42 Å². The van der Waals surface area contributed by atoms with E-state index in [4.69, 9.17) is 14.2 Å². The Morgan fingerprint density at radius 2 is 0.880 bits per heavy atom. The molecule has 1 aliphatic rings. The zero-order valence-electron chi connectivity index (χ0n) is 48.9. The highest BCUT2D eigenvalue weighted by molar-refractivity contribution is 5.80. The molecule has 0 aromatic rings. The molecule has 0 saturated carbocycles. The van der Waals surface area contributed by atoms with Gasteiger partial charge < -0.3 is 45.1 Å². The van der Waals surface area contributed by atoms with Gasteiger partial charge in [-0.3, -0.25) is 9.59 Å². The van der Waals surface area contributed by atoms with Gasteiger partial charge in [-0.05, 0) is 51.4 Å². The first-order chi connectivity index (χ1) is 36.7. The highest BCUT2D eigenvalue weighted by Gasteiger charge is 2.47. The van der Waals surface area contributed by atoms with E-state index in [0.29, 0.717) is 19.3 Å². The van der Waals surface area contributed by atoms with Gasteiger partial charge in [-0.25, -0.2) is 0 Å². The first kappa shape index (κ1) is 71.2. The summed E-state index contributed by atoms with van der Waals surface area (Å²) in [6.07, 6.45) is 50.8. The Morgan fingerprint density at radius 3 is 1.29 bits per heavy atom. The summed E-state index contributed by atoms with van der Waals surface area (Å²) in [7, 11) is 0. The van der Waals surface area contributed by atoms with Gasteiger partial charge in [-0.1, -0.05) is 276 Å². The van der Waals surface area contributed by atoms with Gasteiger partial charge in [0.25, 0.3) is 0 Å². The van der Waals surface area contributed by atoms with Crippen LogP contribution < -0.4 is 5.32 Å². The molecule has 11 heteroatoms. The maximum Gasteiger partial charge on any atom is 0.306 e. The van der Waals surface area contributed by atoms with Crippen LogP contribution in [0.25, 0.3) is 0 Å². The maximum absolute atomic E-state index is 13.4. The zero-order chi connectivity index (χ0) is 54.7. The average molecular weight is 1060 g/mol. The predicted molar refractivity (Wildman–Crippen MR) is 311 cm³/mol. The summed E-state index contributed by atoms with van der Waals surface area (Å²) in [5.41, 5.74) is 0. The van der Waals surface area contributed by atoms with Crippen molar-refractivity contribution in [3.63, 3.8) is 0 Å². The van der Waals surface area contributed by atoms with Gasteiger partial charge in [-0.15, -0.1) is 0 Å². The molecule has 442 valence electrons. The number of hydrogen-bond donors (Lipinski definition) is 6. The third-order valence-electron chi connectivity index (χ3n) is 15.4. The van der Waals surface area contributed by atoms with Crippen LogP contribution in [0.2, 0.25) is 0 Å². The number of allylic oxidation sites excluding steroid dienone is 3.